The molecule has 0 unspecified atom stereocenters. The fourth-order valence-corrected chi connectivity index (χ4v) is 2.51. The highest BCUT2D eigenvalue weighted by atomic mass is 35.5. The molecule has 0 heterocycles. The Balaban J connectivity index is 0.00000312. The van der Waals surface area contributed by atoms with Crippen molar-refractivity contribution in [3.63, 3.8) is 0 Å². The van der Waals surface area contributed by atoms with Crippen molar-refractivity contribution in [2.75, 3.05) is 17.3 Å². The number of benzene rings is 2. The van der Waals surface area contributed by atoms with Gasteiger partial charge in [0.25, 0.3) is 0 Å². The third kappa shape index (κ3) is 6.94. The Morgan fingerprint density at radius 3 is 2.56 bits per heavy atom. The van der Waals surface area contributed by atoms with Crippen molar-refractivity contribution < 1.29 is 13.9 Å². The molecule has 0 aliphatic carbocycles. The highest BCUT2D eigenvalue weighted by Gasteiger charge is 2.12. The number of halogens is 2. The molecule has 0 bridgehead atoms. The first-order valence-corrected chi connectivity index (χ1v) is 9.01. The SMILES string of the molecule is CSCC[C@H](N)C(=O)Nc1ccc(OCc2ccccc2F)cc1.Cl. The van der Waals surface area contributed by atoms with E-state index in [1.807, 2.05) is 6.26 Å². The predicted molar refractivity (Wildman–Crippen MR) is 104 cm³/mol. The van der Waals surface area contributed by atoms with Crippen LogP contribution in [0.2, 0.25) is 0 Å². The Bertz CT molecular complexity index is 670. The van der Waals surface area contributed by atoms with Crippen LogP contribution >= 0.6 is 24.2 Å². The average molecular weight is 385 g/mol. The first-order valence-electron chi connectivity index (χ1n) is 7.62. The molecule has 0 aliphatic heterocycles. The molecule has 136 valence electrons. The second kappa shape index (κ2) is 11.0. The average Bonchev–Trinajstić information content (AvgIpc) is 2.60. The summed E-state index contributed by atoms with van der Waals surface area (Å²) in [7, 11) is 0. The second-order valence-corrected chi connectivity index (χ2v) is 6.27. The van der Waals surface area contributed by atoms with Gasteiger partial charge < -0.3 is 15.8 Å². The Labute approximate surface area is 157 Å². The van der Waals surface area contributed by atoms with E-state index in [0.29, 0.717) is 23.4 Å². The molecule has 0 spiro atoms. The zero-order valence-corrected chi connectivity index (χ0v) is 15.5. The van der Waals surface area contributed by atoms with Crippen molar-refractivity contribution >= 4 is 35.8 Å². The van der Waals surface area contributed by atoms with E-state index < -0.39 is 6.04 Å². The Morgan fingerprint density at radius 2 is 1.92 bits per heavy atom. The zero-order valence-electron chi connectivity index (χ0n) is 13.9. The molecule has 3 N–H and O–H groups in total. The summed E-state index contributed by atoms with van der Waals surface area (Å²) in [5.74, 6) is 0.949. The summed E-state index contributed by atoms with van der Waals surface area (Å²) >= 11 is 1.66. The first-order chi connectivity index (χ1) is 11.6. The molecule has 0 fully saturated rings. The Hall–Kier alpha value is -1.76. The van der Waals surface area contributed by atoms with Crippen molar-refractivity contribution in [2.24, 2.45) is 5.73 Å². The number of ether oxygens (including phenoxy) is 1. The number of carbonyl (C=O) groups excluding carboxylic acids is 1. The highest BCUT2D eigenvalue weighted by molar-refractivity contribution is 7.98. The lowest BCUT2D eigenvalue weighted by Crippen LogP contribution is -2.36. The standard InChI is InChI=1S/C18H21FN2O2S.ClH/c1-24-11-10-17(20)18(22)21-14-6-8-15(9-7-14)23-12-13-4-2-3-5-16(13)19;/h2-9,17H,10-12,20H2,1H3,(H,21,22);1H/t17-;/m0./s1. The Morgan fingerprint density at radius 1 is 1.24 bits per heavy atom. The minimum absolute atomic E-state index is 0. The fraction of sp³-hybridized carbons (Fsp3) is 0.278. The largest absolute Gasteiger partial charge is 0.489 e. The molecular formula is C18H22ClFN2O2S. The van der Waals surface area contributed by atoms with E-state index in [4.69, 9.17) is 10.5 Å². The number of thioether (sulfide) groups is 1. The molecule has 2 aromatic rings. The van der Waals surface area contributed by atoms with Gasteiger partial charge in [0.1, 0.15) is 18.2 Å². The highest BCUT2D eigenvalue weighted by Crippen LogP contribution is 2.18. The maximum atomic E-state index is 13.5. The van der Waals surface area contributed by atoms with Gasteiger partial charge in [0.15, 0.2) is 0 Å². The molecule has 4 nitrogen and oxygen atoms in total. The van der Waals surface area contributed by atoms with Crippen molar-refractivity contribution in [3.05, 3.63) is 59.9 Å². The van der Waals surface area contributed by atoms with Gasteiger partial charge in [-0.3, -0.25) is 4.79 Å². The number of carbonyl (C=O) groups is 1. The minimum Gasteiger partial charge on any atom is -0.489 e. The molecule has 1 amide bonds. The van der Waals surface area contributed by atoms with Crippen molar-refractivity contribution in [1.29, 1.82) is 0 Å². The topological polar surface area (TPSA) is 64.4 Å². The summed E-state index contributed by atoms with van der Waals surface area (Å²) in [6.45, 7) is 0.151. The van der Waals surface area contributed by atoms with Crippen LogP contribution in [-0.4, -0.2) is 24.0 Å². The van der Waals surface area contributed by atoms with Crippen LogP contribution in [-0.2, 0) is 11.4 Å². The van der Waals surface area contributed by atoms with Crippen molar-refractivity contribution in [2.45, 2.75) is 19.1 Å². The maximum Gasteiger partial charge on any atom is 0.241 e. The molecule has 0 saturated carbocycles. The third-order valence-corrected chi connectivity index (χ3v) is 4.09. The van der Waals surface area contributed by atoms with E-state index in [0.717, 1.165) is 5.75 Å². The summed E-state index contributed by atoms with van der Waals surface area (Å²) in [6, 6.07) is 12.9. The number of amides is 1. The molecule has 2 aromatic carbocycles. The molecule has 0 radical (unpaired) electrons. The molecule has 0 saturated heterocycles. The van der Waals surface area contributed by atoms with Gasteiger partial charge in [-0.2, -0.15) is 11.8 Å². The van der Waals surface area contributed by atoms with Gasteiger partial charge in [-0.25, -0.2) is 4.39 Å². The molecule has 0 aliphatic rings. The monoisotopic (exact) mass is 384 g/mol. The first kappa shape index (κ1) is 21.3. The molecule has 1 atom stereocenters. The number of hydrogen-bond donors (Lipinski definition) is 2. The summed E-state index contributed by atoms with van der Waals surface area (Å²) in [5, 5.41) is 2.77. The fourth-order valence-electron chi connectivity index (χ4n) is 2.02. The van der Waals surface area contributed by atoms with Crippen molar-refractivity contribution in [3.8, 4) is 5.75 Å². The minimum atomic E-state index is -0.519. The van der Waals surface area contributed by atoms with Crippen LogP contribution in [0.4, 0.5) is 10.1 Å². The van der Waals surface area contributed by atoms with E-state index in [9.17, 15) is 9.18 Å². The normalized spacial score (nSPS) is 11.3. The summed E-state index contributed by atoms with van der Waals surface area (Å²) < 4.78 is 19.1. The van der Waals surface area contributed by atoms with Crippen LogP contribution in [0.3, 0.4) is 0 Å². The van der Waals surface area contributed by atoms with Crippen LogP contribution in [0.15, 0.2) is 48.5 Å². The Kier molecular flexibility index (Phi) is 9.34. The second-order valence-electron chi connectivity index (χ2n) is 5.28. The van der Waals surface area contributed by atoms with Gasteiger partial charge in [-0.05, 0) is 48.8 Å². The maximum absolute atomic E-state index is 13.5. The smallest absolute Gasteiger partial charge is 0.241 e. The quantitative estimate of drug-likeness (QED) is 0.725. The van der Waals surface area contributed by atoms with Gasteiger partial charge in [0, 0.05) is 11.3 Å². The molecular weight excluding hydrogens is 363 g/mol. The summed E-state index contributed by atoms with van der Waals surface area (Å²) in [4.78, 5) is 11.9. The summed E-state index contributed by atoms with van der Waals surface area (Å²) in [5.41, 5.74) is 6.97. The van der Waals surface area contributed by atoms with Crippen LogP contribution in [0.25, 0.3) is 0 Å². The van der Waals surface area contributed by atoms with Gasteiger partial charge in [-0.15, -0.1) is 12.4 Å². The molecule has 0 aromatic heterocycles. The lowest BCUT2D eigenvalue weighted by atomic mass is 10.2. The van der Waals surface area contributed by atoms with Crippen molar-refractivity contribution in [1.82, 2.24) is 0 Å². The third-order valence-electron chi connectivity index (χ3n) is 3.44. The van der Waals surface area contributed by atoms with Crippen LogP contribution in [0, 0.1) is 5.82 Å². The van der Waals surface area contributed by atoms with E-state index >= 15 is 0 Å². The zero-order chi connectivity index (χ0) is 17.4. The van der Waals surface area contributed by atoms with Gasteiger partial charge in [-0.1, -0.05) is 18.2 Å². The predicted octanol–water partition coefficient (Wildman–Crippen LogP) is 3.85. The summed E-state index contributed by atoms with van der Waals surface area (Å²) in [6.07, 6.45) is 2.61. The van der Waals surface area contributed by atoms with Crippen LogP contribution in [0.1, 0.15) is 12.0 Å². The van der Waals surface area contributed by atoms with E-state index in [2.05, 4.69) is 5.32 Å². The van der Waals surface area contributed by atoms with E-state index in [1.165, 1.54) is 6.07 Å². The number of rotatable bonds is 8. The lowest BCUT2D eigenvalue weighted by Gasteiger charge is -2.12. The molecule has 7 heteroatoms. The molecule has 25 heavy (non-hydrogen) atoms. The van der Waals surface area contributed by atoms with E-state index in [-0.39, 0.29) is 30.7 Å². The number of anilines is 1. The van der Waals surface area contributed by atoms with Gasteiger partial charge >= 0.3 is 0 Å². The number of nitrogens with two attached hydrogens (primary N) is 1. The van der Waals surface area contributed by atoms with E-state index in [1.54, 1.807) is 54.2 Å². The molecule has 2 rings (SSSR count). The number of hydrogen-bond acceptors (Lipinski definition) is 4. The lowest BCUT2D eigenvalue weighted by molar-refractivity contribution is -0.117. The van der Waals surface area contributed by atoms with Crippen LogP contribution < -0.4 is 15.8 Å². The van der Waals surface area contributed by atoms with Crippen LogP contribution in [0.5, 0.6) is 5.75 Å². The van der Waals surface area contributed by atoms with Gasteiger partial charge in [0.05, 0.1) is 6.04 Å². The van der Waals surface area contributed by atoms with Gasteiger partial charge in [0.2, 0.25) is 5.91 Å². The number of nitrogens with one attached hydrogen (secondary N) is 1.